The van der Waals surface area contributed by atoms with Crippen molar-refractivity contribution in [1.82, 2.24) is 0 Å². The van der Waals surface area contributed by atoms with E-state index in [9.17, 15) is 9.59 Å². The summed E-state index contributed by atoms with van der Waals surface area (Å²) in [5.74, 6) is -0.676. The minimum absolute atomic E-state index is 0.134. The van der Waals surface area contributed by atoms with Crippen molar-refractivity contribution in [3.8, 4) is 5.75 Å². The van der Waals surface area contributed by atoms with Crippen LogP contribution in [0.25, 0.3) is 6.08 Å². The van der Waals surface area contributed by atoms with E-state index in [0.29, 0.717) is 12.0 Å². The van der Waals surface area contributed by atoms with E-state index < -0.39 is 11.9 Å². The first-order valence-electron chi connectivity index (χ1n) is 7.80. The molecule has 0 heterocycles. The summed E-state index contributed by atoms with van der Waals surface area (Å²) >= 11 is 0. The van der Waals surface area contributed by atoms with Gasteiger partial charge in [0.15, 0.2) is 0 Å². The van der Waals surface area contributed by atoms with Gasteiger partial charge in [-0.05, 0) is 56.5 Å². The smallest absolute Gasteiger partial charge is 0.345 e. The molecule has 0 bridgehead atoms. The van der Waals surface area contributed by atoms with E-state index in [0.717, 1.165) is 16.9 Å². The number of hydrogen-bond donors (Lipinski definition) is 0. The molecule has 0 N–H and O–H groups in total. The maximum absolute atomic E-state index is 12.0. The van der Waals surface area contributed by atoms with Crippen molar-refractivity contribution >= 4 is 18.0 Å². The van der Waals surface area contributed by atoms with Crippen LogP contribution in [0.3, 0.4) is 0 Å². The fourth-order valence-corrected chi connectivity index (χ4v) is 2.14. The van der Waals surface area contributed by atoms with E-state index in [1.807, 2.05) is 13.0 Å². The SMILES string of the molecule is C=C(C)Cc1cc(C=C(C(=O)OCC)C(=O)OCC)ccc1OC. The van der Waals surface area contributed by atoms with Crippen LogP contribution in [0.2, 0.25) is 0 Å². The molecular formula is C19H24O5. The number of hydrogen-bond acceptors (Lipinski definition) is 5. The predicted molar refractivity (Wildman–Crippen MR) is 92.8 cm³/mol. The van der Waals surface area contributed by atoms with Crippen molar-refractivity contribution in [1.29, 1.82) is 0 Å². The molecule has 1 rings (SSSR count). The van der Waals surface area contributed by atoms with Crippen LogP contribution in [-0.4, -0.2) is 32.3 Å². The van der Waals surface area contributed by atoms with Gasteiger partial charge in [-0.2, -0.15) is 0 Å². The Balaban J connectivity index is 3.27. The second-order valence-electron chi connectivity index (χ2n) is 5.20. The molecule has 24 heavy (non-hydrogen) atoms. The Morgan fingerprint density at radius 1 is 1.12 bits per heavy atom. The van der Waals surface area contributed by atoms with Gasteiger partial charge in [0.25, 0.3) is 0 Å². The normalized spacial score (nSPS) is 9.83. The molecule has 5 heteroatoms. The average Bonchev–Trinajstić information content (AvgIpc) is 2.52. The first kappa shape index (κ1) is 19.5. The number of ether oxygens (including phenoxy) is 3. The van der Waals surface area contributed by atoms with Gasteiger partial charge in [0, 0.05) is 0 Å². The molecule has 0 amide bonds. The van der Waals surface area contributed by atoms with Gasteiger partial charge < -0.3 is 14.2 Å². The van der Waals surface area contributed by atoms with Crippen LogP contribution in [0.5, 0.6) is 5.75 Å². The van der Waals surface area contributed by atoms with Crippen LogP contribution in [0.1, 0.15) is 31.9 Å². The molecule has 0 spiro atoms. The molecule has 5 nitrogen and oxygen atoms in total. The lowest BCUT2D eigenvalue weighted by Crippen LogP contribution is -2.18. The molecule has 0 aliphatic rings. The van der Waals surface area contributed by atoms with Crippen molar-refractivity contribution in [2.45, 2.75) is 27.2 Å². The third kappa shape index (κ3) is 5.57. The van der Waals surface area contributed by atoms with Gasteiger partial charge in [-0.3, -0.25) is 0 Å². The van der Waals surface area contributed by atoms with E-state index >= 15 is 0 Å². The van der Waals surface area contributed by atoms with E-state index in [1.165, 1.54) is 6.08 Å². The van der Waals surface area contributed by atoms with Gasteiger partial charge >= 0.3 is 11.9 Å². The fourth-order valence-electron chi connectivity index (χ4n) is 2.14. The lowest BCUT2D eigenvalue weighted by molar-refractivity contribution is -0.146. The predicted octanol–water partition coefficient (Wildman–Crippen LogP) is 3.32. The average molecular weight is 332 g/mol. The summed E-state index contributed by atoms with van der Waals surface area (Å²) in [7, 11) is 1.59. The molecular weight excluding hydrogens is 308 g/mol. The van der Waals surface area contributed by atoms with Gasteiger partial charge in [0.2, 0.25) is 0 Å². The molecule has 0 radical (unpaired) electrons. The molecule has 0 aliphatic heterocycles. The summed E-state index contributed by atoms with van der Waals surface area (Å²) in [5.41, 5.74) is 2.45. The van der Waals surface area contributed by atoms with Crippen LogP contribution < -0.4 is 4.74 Å². The quantitative estimate of drug-likeness (QED) is 0.240. The Hall–Kier alpha value is -2.56. The minimum Gasteiger partial charge on any atom is -0.496 e. The monoisotopic (exact) mass is 332 g/mol. The van der Waals surface area contributed by atoms with Gasteiger partial charge in [0.1, 0.15) is 11.3 Å². The zero-order valence-corrected chi connectivity index (χ0v) is 14.7. The summed E-state index contributed by atoms with van der Waals surface area (Å²) < 4.78 is 15.2. The van der Waals surface area contributed by atoms with E-state index in [1.54, 1.807) is 33.1 Å². The Kier molecular flexibility index (Phi) is 7.75. The lowest BCUT2D eigenvalue weighted by atomic mass is 10.0. The van der Waals surface area contributed by atoms with Gasteiger partial charge in [-0.25, -0.2) is 9.59 Å². The fraction of sp³-hybridized carbons (Fsp3) is 0.368. The van der Waals surface area contributed by atoms with Crippen molar-refractivity contribution in [2.75, 3.05) is 20.3 Å². The third-order valence-corrected chi connectivity index (χ3v) is 3.10. The highest BCUT2D eigenvalue weighted by Gasteiger charge is 2.21. The van der Waals surface area contributed by atoms with Crippen molar-refractivity contribution in [3.05, 3.63) is 47.1 Å². The molecule has 0 atom stereocenters. The van der Waals surface area contributed by atoms with E-state index in [2.05, 4.69) is 6.58 Å². The number of rotatable bonds is 8. The highest BCUT2D eigenvalue weighted by atomic mass is 16.6. The molecule has 0 fully saturated rings. The zero-order chi connectivity index (χ0) is 18.1. The molecule has 0 saturated carbocycles. The van der Waals surface area contributed by atoms with Crippen LogP contribution in [0.4, 0.5) is 0 Å². The second-order valence-corrected chi connectivity index (χ2v) is 5.20. The summed E-state index contributed by atoms with van der Waals surface area (Å²) in [6, 6.07) is 5.41. The maximum Gasteiger partial charge on any atom is 0.345 e. The van der Waals surface area contributed by atoms with Crippen molar-refractivity contribution < 1.29 is 23.8 Å². The summed E-state index contributed by atoms with van der Waals surface area (Å²) in [6.45, 7) is 9.54. The minimum atomic E-state index is -0.701. The number of benzene rings is 1. The van der Waals surface area contributed by atoms with Gasteiger partial charge in [-0.1, -0.05) is 18.2 Å². The Morgan fingerprint density at radius 3 is 2.17 bits per heavy atom. The first-order valence-corrected chi connectivity index (χ1v) is 7.80. The maximum atomic E-state index is 12.0. The molecule has 1 aromatic carbocycles. The third-order valence-electron chi connectivity index (χ3n) is 3.10. The van der Waals surface area contributed by atoms with E-state index in [4.69, 9.17) is 14.2 Å². The summed E-state index contributed by atoms with van der Waals surface area (Å²) in [5, 5.41) is 0. The van der Waals surface area contributed by atoms with Gasteiger partial charge in [0.05, 0.1) is 20.3 Å². The van der Waals surface area contributed by atoms with E-state index in [-0.39, 0.29) is 18.8 Å². The summed E-state index contributed by atoms with van der Waals surface area (Å²) in [6.07, 6.45) is 2.11. The Morgan fingerprint density at radius 2 is 1.71 bits per heavy atom. The summed E-state index contributed by atoms with van der Waals surface area (Å²) in [4.78, 5) is 24.0. The van der Waals surface area contributed by atoms with Crippen molar-refractivity contribution in [2.24, 2.45) is 0 Å². The first-order chi connectivity index (χ1) is 11.4. The van der Waals surface area contributed by atoms with Gasteiger partial charge in [-0.15, -0.1) is 0 Å². The van der Waals surface area contributed by atoms with Crippen LogP contribution in [-0.2, 0) is 25.5 Å². The number of esters is 2. The lowest BCUT2D eigenvalue weighted by Gasteiger charge is -2.10. The molecule has 0 saturated heterocycles. The van der Waals surface area contributed by atoms with Crippen LogP contribution in [0.15, 0.2) is 35.9 Å². The topological polar surface area (TPSA) is 61.8 Å². The highest BCUT2D eigenvalue weighted by Crippen LogP contribution is 2.24. The van der Waals surface area contributed by atoms with Crippen LogP contribution >= 0.6 is 0 Å². The molecule has 1 aromatic rings. The largest absolute Gasteiger partial charge is 0.496 e. The molecule has 0 aliphatic carbocycles. The zero-order valence-electron chi connectivity index (χ0n) is 14.7. The Labute approximate surface area is 142 Å². The molecule has 0 unspecified atom stereocenters. The van der Waals surface area contributed by atoms with Crippen LogP contribution in [0, 0.1) is 0 Å². The number of carbonyl (C=O) groups is 2. The number of carbonyl (C=O) groups excluding carboxylic acids is 2. The second kappa shape index (κ2) is 9.55. The number of allylic oxidation sites excluding steroid dienone is 1. The standard InChI is InChI=1S/C19H24O5/c1-6-23-18(20)16(19(21)24-7-2)12-14-8-9-17(22-5)15(11-14)10-13(3)4/h8-9,11-12H,3,6-7,10H2,1-2,4-5H3. The molecule has 0 aromatic heterocycles. The molecule has 130 valence electrons. The van der Waals surface area contributed by atoms with Crippen molar-refractivity contribution in [3.63, 3.8) is 0 Å². The highest BCUT2D eigenvalue weighted by molar-refractivity contribution is 6.17. The number of methoxy groups -OCH3 is 1. The Bertz CT molecular complexity index is 623.